The van der Waals surface area contributed by atoms with Gasteiger partial charge in [-0.05, 0) is 32.4 Å². The second-order valence-corrected chi connectivity index (χ2v) is 3.70. The molecule has 0 amide bonds. The normalized spacial score (nSPS) is 34.8. The zero-order valence-electron chi connectivity index (χ0n) is 7.45. The van der Waals surface area contributed by atoms with Gasteiger partial charge < -0.3 is 10.2 Å². The molecule has 1 N–H and O–H groups in total. The number of rotatable bonds is 0. The van der Waals surface area contributed by atoms with Gasteiger partial charge in [0.2, 0.25) is 0 Å². The van der Waals surface area contributed by atoms with Crippen LogP contribution in [-0.2, 0) is 0 Å². The van der Waals surface area contributed by atoms with Gasteiger partial charge in [-0.2, -0.15) is 0 Å². The Labute approximate surface area is 86.9 Å². The third kappa shape index (κ3) is 2.49. The molecule has 2 atom stereocenters. The number of hydrogen-bond acceptors (Lipinski definition) is 2. The van der Waals surface area contributed by atoms with Crippen molar-refractivity contribution >= 4 is 24.8 Å². The molecule has 0 aromatic rings. The number of fused-ring (bicyclic) bond motifs is 4. The van der Waals surface area contributed by atoms with Gasteiger partial charge in [0, 0.05) is 19.1 Å². The summed E-state index contributed by atoms with van der Waals surface area (Å²) in [6.07, 6.45) is 2.86. The molecule has 0 saturated carbocycles. The highest BCUT2D eigenvalue weighted by molar-refractivity contribution is 5.85. The number of nitrogens with one attached hydrogen (secondary N) is 1. The maximum atomic E-state index is 3.50. The molecule has 3 fully saturated rings. The summed E-state index contributed by atoms with van der Waals surface area (Å²) in [4.78, 5) is 2.51. The zero-order chi connectivity index (χ0) is 6.97. The second-order valence-electron chi connectivity index (χ2n) is 3.70. The Morgan fingerprint density at radius 2 is 1.92 bits per heavy atom. The van der Waals surface area contributed by atoms with Gasteiger partial charge in [-0.15, -0.1) is 24.8 Å². The lowest BCUT2D eigenvalue weighted by Crippen LogP contribution is -2.40. The van der Waals surface area contributed by atoms with E-state index < -0.39 is 0 Å². The van der Waals surface area contributed by atoms with Gasteiger partial charge in [-0.3, -0.25) is 0 Å². The predicted molar refractivity (Wildman–Crippen MR) is 56.5 cm³/mol. The molecule has 2 bridgehead atoms. The smallest absolute Gasteiger partial charge is 0.0217 e. The van der Waals surface area contributed by atoms with Crippen LogP contribution < -0.4 is 5.32 Å². The molecule has 2 nitrogen and oxygen atoms in total. The Bertz CT molecular complexity index is 128. The molecule has 3 rings (SSSR count). The fourth-order valence-electron chi connectivity index (χ4n) is 2.17. The van der Waals surface area contributed by atoms with E-state index in [1.807, 2.05) is 0 Å². The topological polar surface area (TPSA) is 15.3 Å². The molecule has 0 spiro atoms. The van der Waals surface area contributed by atoms with Crippen LogP contribution in [0.5, 0.6) is 0 Å². The quantitative estimate of drug-likeness (QED) is 0.649. The van der Waals surface area contributed by atoms with Gasteiger partial charge in [0.05, 0.1) is 0 Å². The van der Waals surface area contributed by atoms with Crippen molar-refractivity contribution in [2.45, 2.75) is 18.9 Å². The molecule has 3 saturated heterocycles. The van der Waals surface area contributed by atoms with Gasteiger partial charge in [0.25, 0.3) is 0 Å². The Balaban J connectivity index is 0.000000605. The van der Waals surface area contributed by atoms with Crippen molar-refractivity contribution in [3.8, 4) is 0 Å². The highest BCUT2D eigenvalue weighted by Gasteiger charge is 2.28. The standard InChI is InChI=1S/C8H16N2.2ClH/c1-10-6-7-2-3-8(10)5-9-4-7;;/h7-9H,2-6H2,1H3;2*1H/t7-,8+;;/m0../s1. The lowest BCUT2D eigenvalue weighted by molar-refractivity contribution is 0.168. The van der Waals surface area contributed by atoms with Crippen molar-refractivity contribution < 1.29 is 0 Å². The predicted octanol–water partition coefficient (Wildman–Crippen LogP) is 1.14. The maximum absolute atomic E-state index is 3.50. The fourth-order valence-corrected chi connectivity index (χ4v) is 2.17. The van der Waals surface area contributed by atoms with E-state index in [-0.39, 0.29) is 24.8 Å². The van der Waals surface area contributed by atoms with Gasteiger partial charge >= 0.3 is 0 Å². The Kier molecular flexibility index (Phi) is 5.50. The van der Waals surface area contributed by atoms with Crippen LogP contribution in [0.1, 0.15) is 12.8 Å². The Morgan fingerprint density at radius 1 is 1.17 bits per heavy atom. The molecule has 0 unspecified atom stereocenters. The van der Waals surface area contributed by atoms with E-state index in [1.165, 1.54) is 32.5 Å². The number of nitrogens with zero attached hydrogens (tertiary/aromatic N) is 1. The van der Waals surface area contributed by atoms with Crippen LogP contribution in [-0.4, -0.2) is 37.6 Å². The molecule has 0 aliphatic carbocycles. The van der Waals surface area contributed by atoms with Crippen molar-refractivity contribution in [1.29, 1.82) is 0 Å². The van der Waals surface area contributed by atoms with Crippen molar-refractivity contribution in [2.75, 3.05) is 26.7 Å². The molecular formula is C8H18Cl2N2. The first-order valence-corrected chi connectivity index (χ1v) is 4.27. The minimum absolute atomic E-state index is 0. The average Bonchev–Trinajstić information content (AvgIpc) is 2.20. The van der Waals surface area contributed by atoms with E-state index in [9.17, 15) is 0 Å². The van der Waals surface area contributed by atoms with Crippen LogP contribution in [0.25, 0.3) is 0 Å². The summed E-state index contributed by atoms with van der Waals surface area (Å²) in [5.41, 5.74) is 0. The largest absolute Gasteiger partial charge is 0.315 e. The van der Waals surface area contributed by atoms with Gasteiger partial charge in [0.1, 0.15) is 0 Å². The van der Waals surface area contributed by atoms with Crippen LogP contribution in [0.3, 0.4) is 0 Å². The van der Waals surface area contributed by atoms with Crippen molar-refractivity contribution in [3.63, 3.8) is 0 Å². The van der Waals surface area contributed by atoms with Gasteiger partial charge in [-0.1, -0.05) is 0 Å². The molecule has 0 radical (unpaired) electrons. The van der Waals surface area contributed by atoms with Gasteiger partial charge in [0.15, 0.2) is 0 Å². The van der Waals surface area contributed by atoms with Crippen LogP contribution in [0.2, 0.25) is 0 Å². The minimum Gasteiger partial charge on any atom is -0.315 e. The molecule has 0 aromatic carbocycles. The first kappa shape index (κ1) is 12.5. The van der Waals surface area contributed by atoms with Crippen molar-refractivity contribution in [2.24, 2.45) is 5.92 Å². The Morgan fingerprint density at radius 3 is 2.58 bits per heavy atom. The monoisotopic (exact) mass is 212 g/mol. The van der Waals surface area contributed by atoms with Crippen molar-refractivity contribution in [1.82, 2.24) is 10.2 Å². The number of hydrogen-bond donors (Lipinski definition) is 1. The second kappa shape index (κ2) is 5.28. The van der Waals surface area contributed by atoms with Crippen molar-refractivity contribution in [3.05, 3.63) is 0 Å². The molecule has 3 heterocycles. The first-order valence-electron chi connectivity index (χ1n) is 4.27. The van der Waals surface area contributed by atoms with E-state index in [0.717, 1.165) is 12.0 Å². The van der Waals surface area contributed by atoms with Crippen LogP contribution >= 0.6 is 24.8 Å². The summed E-state index contributed by atoms with van der Waals surface area (Å²) in [6, 6.07) is 0.832. The molecule has 74 valence electrons. The molecule has 3 aliphatic rings. The van der Waals surface area contributed by atoms with Crippen LogP contribution in [0.4, 0.5) is 0 Å². The fraction of sp³-hybridized carbons (Fsp3) is 1.00. The summed E-state index contributed by atoms with van der Waals surface area (Å²) in [5.74, 6) is 0.934. The average molecular weight is 213 g/mol. The summed E-state index contributed by atoms with van der Waals surface area (Å²) in [5, 5.41) is 3.50. The van der Waals surface area contributed by atoms with Gasteiger partial charge in [-0.25, -0.2) is 0 Å². The maximum Gasteiger partial charge on any atom is 0.0217 e. The first-order chi connectivity index (χ1) is 4.86. The minimum atomic E-state index is 0. The van der Waals surface area contributed by atoms with E-state index in [2.05, 4.69) is 17.3 Å². The summed E-state index contributed by atoms with van der Waals surface area (Å²) < 4.78 is 0. The van der Waals surface area contributed by atoms with Crippen LogP contribution in [0, 0.1) is 5.92 Å². The summed E-state index contributed by atoms with van der Waals surface area (Å²) >= 11 is 0. The molecular weight excluding hydrogens is 195 g/mol. The number of halogens is 2. The third-order valence-electron chi connectivity index (χ3n) is 2.89. The number of likely N-dealkylation sites (N-methyl/N-ethyl adjacent to an activating group) is 1. The number of piperidine rings is 1. The highest BCUT2D eigenvalue weighted by Crippen LogP contribution is 2.22. The molecule has 0 aromatic heterocycles. The van der Waals surface area contributed by atoms with E-state index >= 15 is 0 Å². The zero-order valence-corrected chi connectivity index (χ0v) is 9.09. The Hall–Kier alpha value is 0.500. The van der Waals surface area contributed by atoms with E-state index in [1.54, 1.807) is 0 Å². The lowest BCUT2D eigenvalue weighted by Gasteiger charge is -2.32. The van der Waals surface area contributed by atoms with Crippen LogP contribution in [0.15, 0.2) is 0 Å². The molecule has 3 aliphatic heterocycles. The summed E-state index contributed by atoms with van der Waals surface area (Å²) in [6.45, 7) is 3.78. The van der Waals surface area contributed by atoms with E-state index in [4.69, 9.17) is 0 Å². The SMILES string of the molecule is CN1C[C@H]2CC[C@@H]1CNC2.Cl.Cl. The lowest BCUT2D eigenvalue weighted by atomic mass is 9.96. The summed E-state index contributed by atoms with van der Waals surface area (Å²) in [7, 11) is 2.25. The highest BCUT2D eigenvalue weighted by atomic mass is 35.5. The van der Waals surface area contributed by atoms with E-state index in [0.29, 0.717) is 0 Å². The molecule has 12 heavy (non-hydrogen) atoms. The molecule has 4 heteroatoms. The third-order valence-corrected chi connectivity index (χ3v) is 2.89.